The number of benzene rings is 1. The van der Waals surface area contributed by atoms with E-state index in [9.17, 15) is 4.79 Å². The summed E-state index contributed by atoms with van der Waals surface area (Å²) in [6.45, 7) is 2.09. The number of thioether (sulfide) groups is 1. The number of rotatable bonds is 5. The van der Waals surface area contributed by atoms with Crippen molar-refractivity contribution in [2.24, 2.45) is 0 Å². The van der Waals surface area contributed by atoms with E-state index in [1.165, 1.54) is 11.3 Å². The van der Waals surface area contributed by atoms with Gasteiger partial charge in [-0.25, -0.2) is 4.98 Å². The van der Waals surface area contributed by atoms with Gasteiger partial charge in [0.1, 0.15) is 5.69 Å². The van der Waals surface area contributed by atoms with Crippen molar-refractivity contribution in [3.8, 4) is 11.4 Å². The molecule has 3 rings (SSSR count). The molecule has 23 heavy (non-hydrogen) atoms. The van der Waals surface area contributed by atoms with E-state index in [4.69, 9.17) is 0 Å². The Morgan fingerprint density at radius 2 is 2.13 bits per heavy atom. The van der Waals surface area contributed by atoms with Crippen molar-refractivity contribution in [2.75, 3.05) is 11.1 Å². The van der Waals surface area contributed by atoms with Crippen molar-refractivity contribution in [3.05, 3.63) is 59.6 Å². The van der Waals surface area contributed by atoms with Gasteiger partial charge in [-0.15, -0.1) is 23.1 Å². The minimum absolute atomic E-state index is 0.148. The molecular weight excluding hydrogens is 326 g/mol. The summed E-state index contributed by atoms with van der Waals surface area (Å²) in [7, 11) is 0. The SMILES string of the molecule is CCSc1cccc(C(=O)Nc2nc(-c3ccccn3)cs2)c1. The fourth-order valence-corrected chi connectivity index (χ4v) is 3.44. The molecule has 0 fully saturated rings. The van der Waals surface area contributed by atoms with Crippen molar-refractivity contribution < 1.29 is 4.79 Å². The second kappa shape index (κ2) is 7.39. The van der Waals surface area contributed by atoms with Gasteiger partial charge in [0.2, 0.25) is 0 Å². The molecule has 0 aliphatic rings. The number of hydrogen-bond acceptors (Lipinski definition) is 5. The molecular formula is C17H15N3OS2. The molecule has 116 valence electrons. The second-order valence-corrected chi connectivity index (χ2v) is 6.86. The predicted octanol–water partition coefficient (Wildman–Crippen LogP) is 4.57. The fourth-order valence-electron chi connectivity index (χ4n) is 2.03. The lowest BCUT2D eigenvalue weighted by Crippen LogP contribution is -2.11. The number of pyridine rings is 1. The van der Waals surface area contributed by atoms with Crippen LogP contribution in [0.1, 0.15) is 17.3 Å². The lowest BCUT2D eigenvalue weighted by Gasteiger charge is -2.04. The van der Waals surface area contributed by atoms with Gasteiger partial charge in [-0.3, -0.25) is 15.1 Å². The molecule has 0 spiro atoms. The molecule has 1 N–H and O–H groups in total. The Labute approximate surface area is 143 Å². The summed E-state index contributed by atoms with van der Waals surface area (Å²) in [4.78, 5) is 22.1. The lowest BCUT2D eigenvalue weighted by atomic mass is 10.2. The molecule has 2 aromatic heterocycles. The van der Waals surface area contributed by atoms with Crippen LogP contribution < -0.4 is 5.32 Å². The predicted molar refractivity (Wildman–Crippen MR) is 96.1 cm³/mol. The Morgan fingerprint density at radius 1 is 1.22 bits per heavy atom. The van der Waals surface area contributed by atoms with Crippen LogP contribution in [0.3, 0.4) is 0 Å². The molecule has 0 radical (unpaired) electrons. The Morgan fingerprint density at radius 3 is 2.91 bits per heavy atom. The summed E-state index contributed by atoms with van der Waals surface area (Å²) >= 11 is 3.11. The number of nitrogens with one attached hydrogen (secondary N) is 1. The van der Waals surface area contributed by atoms with Crippen molar-refractivity contribution in [1.29, 1.82) is 0 Å². The highest BCUT2D eigenvalue weighted by molar-refractivity contribution is 7.99. The Bertz CT molecular complexity index is 802. The van der Waals surface area contributed by atoms with Crippen molar-refractivity contribution in [1.82, 2.24) is 9.97 Å². The van der Waals surface area contributed by atoms with E-state index in [0.29, 0.717) is 10.7 Å². The normalized spacial score (nSPS) is 10.5. The lowest BCUT2D eigenvalue weighted by molar-refractivity contribution is 0.102. The van der Waals surface area contributed by atoms with Crippen LogP contribution in [-0.4, -0.2) is 21.6 Å². The van der Waals surface area contributed by atoms with Crippen LogP contribution in [0, 0.1) is 0 Å². The highest BCUT2D eigenvalue weighted by atomic mass is 32.2. The van der Waals surface area contributed by atoms with Crippen molar-refractivity contribution >= 4 is 34.1 Å². The smallest absolute Gasteiger partial charge is 0.257 e. The van der Waals surface area contributed by atoms with Crippen LogP contribution in [0.15, 0.2) is 58.9 Å². The molecule has 1 amide bonds. The first kappa shape index (κ1) is 15.7. The first-order valence-corrected chi connectivity index (χ1v) is 9.04. The monoisotopic (exact) mass is 341 g/mol. The topological polar surface area (TPSA) is 54.9 Å². The van der Waals surface area contributed by atoms with Gasteiger partial charge in [-0.05, 0) is 36.1 Å². The van der Waals surface area contributed by atoms with Gasteiger partial charge < -0.3 is 0 Å². The number of amides is 1. The van der Waals surface area contributed by atoms with Gasteiger partial charge >= 0.3 is 0 Å². The summed E-state index contributed by atoms with van der Waals surface area (Å²) in [5, 5.41) is 5.31. The molecule has 1 aromatic carbocycles. The van der Waals surface area contributed by atoms with Crippen LogP contribution in [0.2, 0.25) is 0 Å². The first-order chi connectivity index (χ1) is 11.3. The van der Waals surface area contributed by atoms with Gasteiger partial charge in [0, 0.05) is 22.0 Å². The highest BCUT2D eigenvalue weighted by Gasteiger charge is 2.11. The molecule has 0 bridgehead atoms. The summed E-state index contributed by atoms with van der Waals surface area (Å²) in [6.07, 6.45) is 1.73. The number of anilines is 1. The number of hydrogen-bond donors (Lipinski definition) is 1. The average molecular weight is 341 g/mol. The van der Waals surface area contributed by atoms with Gasteiger partial charge in [0.15, 0.2) is 5.13 Å². The molecule has 2 heterocycles. The zero-order valence-electron chi connectivity index (χ0n) is 12.5. The van der Waals surface area contributed by atoms with Crippen LogP contribution in [0.4, 0.5) is 5.13 Å². The van der Waals surface area contributed by atoms with Gasteiger partial charge in [-0.2, -0.15) is 0 Å². The zero-order valence-corrected chi connectivity index (χ0v) is 14.2. The van der Waals surface area contributed by atoms with Crippen LogP contribution in [-0.2, 0) is 0 Å². The molecule has 0 aliphatic heterocycles. The molecule has 0 saturated heterocycles. The van der Waals surface area contributed by atoms with Crippen LogP contribution >= 0.6 is 23.1 Å². The first-order valence-electron chi connectivity index (χ1n) is 7.17. The molecule has 0 saturated carbocycles. The second-order valence-electron chi connectivity index (χ2n) is 4.67. The quantitative estimate of drug-likeness (QED) is 0.691. The number of nitrogens with zero attached hydrogens (tertiary/aromatic N) is 2. The summed E-state index contributed by atoms with van der Waals surface area (Å²) in [5.74, 6) is 0.829. The number of aromatic nitrogens is 2. The van der Waals surface area contributed by atoms with E-state index >= 15 is 0 Å². The molecule has 6 heteroatoms. The van der Waals surface area contributed by atoms with Crippen LogP contribution in [0.25, 0.3) is 11.4 Å². The number of carbonyl (C=O) groups is 1. The molecule has 0 unspecified atom stereocenters. The fraction of sp³-hybridized carbons (Fsp3) is 0.118. The van der Waals surface area contributed by atoms with Gasteiger partial charge in [0.25, 0.3) is 5.91 Å². The van der Waals surface area contributed by atoms with E-state index in [2.05, 4.69) is 22.2 Å². The van der Waals surface area contributed by atoms with Crippen molar-refractivity contribution in [3.63, 3.8) is 0 Å². The standard InChI is InChI=1S/C17H15N3OS2/c1-2-22-13-7-5-6-12(10-13)16(21)20-17-19-15(11-23-17)14-8-3-4-9-18-14/h3-11H,2H2,1H3,(H,19,20,21). The third-order valence-electron chi connectivity index (χ3n) is 3.06. The van der Waals surface area contributed by atoms with E-state index in [0.717, 1.165) is 22.0 Å². The average Bonchev–Trinajstić information content (AvgIpc) is 3.05. The highest BCUT2D eigenvalue weighted by Crippen LogP contribution is 2.24. The Hall–Kier alpha value is -2.18. The maximum absolute atomic E-state index is 12.3. The van der Waals surface area contributed by atoms with E-state index in [-0.39, 0.29) is 5.91 Å². The largest absolute Gasteiger partial charge is 0.298 e. The Kier molecular flexibility index (Phi) is 5.05. The van der Waals surface area contributed by atoms with E-state index in [1.807, 2.05) is 47.8 Å². The maximum atomic E-state index is 12.3. The van der Waals surface area contributed by atoms with Crippen molar-refractivity contribution in [2.45, 2.75) is 11.8 Å². The summed E-state index contributed by atoms with van der Waals surface area (Å²) in [5.41, 5.74) is 2.20. The Balaban J connectivity index is 1.73. The van der Waals surface area contributed by atoms with Gasteiger partial charge in [-0.1, -0.05) is 19.1 Å². The molecule has 0 atom stereocenters. The molecule has 4 nitrogen and oxygen atoms in total. The summed E-state index contributed by atoms with van der Waals surface area (Å²) < 4.78 is 0. The van der Waals surface area contributed by atoms with Gasteiger partial charge in [0.05, 0.1) is 5.69 Å². The molecule has 3 aromatic rings. The minimum atomic E-state index is -0.148. The maximum Gasteiger partial charge on any atom is 0.257 e. The van der Waals surface area contributed by atoms with E-state index < -0.39 is 0 Å². The minimum Gasteiger partial charge on any atom is -0.298 e. The van der Waals surface area contributed by atoms with Crippen LogP contribution in [0.5, 0.6) is 0 Å². The number of thiazole rings is 1. The summed E-state index contributed by atoms with van der Waals surface area (Å²) in [6, 6.07) is 13.3. The third kappa shape index (κ3) is 3.97. The number of carbonyl (C=O) groups excluding carboxylic acids is 1. The molecule has 0 aliphatic carbocycles. The third-order valence-corrected chi connectivity index (χ3v) is 4.69. The zero-order chi connectivity index (χ0) is 16.1. The van der Waals surface area contributed by atoms with E-state index in [1.54, 1.807) is 18.0 Å².